The molecule has 0 aliphatic carbocycles. The maximum absolute atomic E-state index is 13.0. The molecule has 13 atom stereocenters. The van der Waals surface area contributed by atoms with Crippen molar-refractivity contribution in [3.8, 4) is 33.8 Å². The van der Waals surface area contributed by atoms with Gasteiger partial charge in [-0.3, -0.25) is 38.4 Å². The van der Waals surface area contributed by atoms with Gasteiger partial charge in [0.25, 0.3) is 47.3 Å². The van der Waals surface area contributed by atoms with Gasteiger partial charge in [-0.15, -0.1) is 11.3 Å². The van der Waals surface area contributed by atoms with E-state index in [-0.39, 0.29) is 23.9 Å². The van der Waals surface area contributed by atoms with Crippen LogP contribution < -0.4 is 30.9 Å². The topological polar surface area (TPSA) is 405 Å². The van der Waals surface area contributed by atoms with E-state index < -0.39 is 114 Å². The molecule has 135 heavy (non-hydrogen) atoms. The molecule has 1 aromatic heterocycles. The third-order valence-corrected chi connectivity index (χ3v) is 27.1. The summed E-state index contributed by atoms with van der Waals surface area (Å²) in [6.07, 6.45) is -8.28. The summed E-state index contributed by atoms with van der Waals surface area (Å²) in [5, 5.41) is 104. The average molecular weight is 1980 g/mol. The number of aliphatic hydroxyl groups is 8. The zero-order valence-electron chi connectivity index (χ0n) is 75.3. The van der Waals surface area contributed by atoms with Gasteiger partial charge in [-0.2, -0.15) is 0 Å². The zero-order valence-corrected chi connectivity index (χ0v) is 79.3. The molecule has 31 heteroatoms. The summed E-state index contributed by atoms with van der Waals surface area (Å²) >= 11 is 8.23. The van der Waals surface area contributed by atoms with E-state index in [9.17, 15) is 84.3 Å². The van der Waals surface area contributed by atoms with Crippen molar-refractivity contribution in [2.45, 2.75) is 177 Å². The van der Waals surface area contributed by atoms with Crippen LogP contribution in [0.2, 0.25) is 0 Å². The molecule has 0 bridgehead atoms. The fraction of sp³-hybridized carbons (Fsp3) is 0.337. The first-order valence-corrected chi connectivity index (χ1v) is 47.7. The fourth-order valence-corrected chi connectivity index (χ4v) is 18.5. The first kappa shape index (κ1) is 100. The monoisotopic (exact) mass is 1980 g/mol. The summed E-state index contributed by atoms with van der Waals surface area (Å²) < 4.78 is 8.76. The molecule has 3 fully saturated rings. The van der Waals surface area contributed by atoms with Gasteiger partial charge in [0.1, 0.15) is 22.6 Å². The number of piperidine rings is 1. The molecule has 3 saturated heterocycles. The van der Waals surface area contributed by atoms with Gasteiger partial charge in [0.15, 0.2) is 48.8 Å². The van der Waals surface area contributed by atoms with E-state index in [1.807, 2.05) is 219 Å². The lowest BCUT2D eigenvalue weighted by Crippen LogP contribution is -2.53. The highest BCUT2D eigenvalue weighted by Crippen LogP contribution is 2.38. The Bertz CT molecular complexity index is 5820. The van der Waals surface area contributed by atoms with Gasteiger partial charge in [-0.25, -0.2) is 4.98 Å². The van der Waals surface area contributed by atoms with Crippen molar-refractivity contribution in [2.75, 3.05) is 50.7 Å². The number of likely N-dealkylation sites (tertiary alicyclic amines) is 2. The number of nitrogens with zero attached hydrogens (tertiary/aromatic N) is 6. The van der Waals surface area contributed by atoms with Crippen LogP contribution in [0, 0.1) is 0 Å². The Morgan fingerprint density at radius 1 is 0.378 bits per heavy atom. The smallest absolute Gasteiger partial charge is 0.255 e. The number of aliphatic hydroxyl groups excluding tert-OH is 8. The number of carbonyl (C=O) groups is 8. The van der Waals surface area contributed by atoms with Crippen molar-refractivity contribution in [3.63, 3.8) is 0 Å². The molecular formula is C104H114Br2N10O18S. The van der Waals surface area contributed by atoms with Crippen molar-refractivity contribution >= 4 is 106 Å². The van der Waals surface area contributed by atoms with E-state index in [0.717, 1.165) is 117 Å². The first-order valence-electron chi connectivity index (χ1n) is 45.3. The summed E-state index contributed by atoms with van der Waals surface area (Å²) in [6.45, 7) is 12.1. The highest BCUT2D eigenvalue weighted by Gasteiger charge is 2.42. The van der Waals surface area contributed by atoms with Gasteiger partial charge < -0.3 is 96.5 Å². The van der Waals surface area contributed by atoms with Crippen molar-refractivity contribution < 1.29 is 89.1 Å². The van der Waals surface area contributed by atoms with Crippen molar-refractivity contribution in [3.05, 3.63) is 307 Å². The molecule has 16 rings (SSSR count). The number of para-hydroxylation sites is 2. The van der Waals surface area contributed by atoms with Crippen LogP contribution in [-0.2, 0) is 64.3 Å². The number of benzene rings is 10. The van der Waals surface area contributed by atoms with Crippen LogP contribution in [0.25, 0.3) is 32.5 Å². The molecule has 8 amide bonds. The Morgan fingerprint density at radius 2 is 0.763 bits per heavy atom. The number of phenols is 1. The fourth-order valence-electron chi connectivity index (χ4n) is 16.9. The third kappa shape index (κ3) is 26.3. The second kappa shape index (κ2) is 47.4. The number of carbonyl (C=O) groups excluding carboxylic acids is 8. The second-order valence-electron chi connectivity index (χ2n) is 34.3. The van der Waals surface area contributed by atoms with Gasteiger partial charge in [0.2, 0.25) is 0 Å². The minimum Gasteiger partial charge on any atom is -0.508 e. The lowest BCUT2D eigenvalue weighted by Gasteiger charge is -2.34. The number of halogens is 2. The van der Waals surface area contributed by atoms with Crippen LogP contribution in [0.1, 0.15) is 146 Å². The Kier molecular flexibility index (Phi) is 35.2. The van der Waals surface area contributed by atoms with Crippen LogP contribution in [0.15, 0.2) is 258 Å². The molecule has 0 spiro atoms. The van der Waals surface area contributed by atoms with E-state index in [0.29, 0.717) is 71.5 Å². The number of rotatable bonds is 26. The Morgan fingerprint density at radius 3 is 1.21 bits per heavy atom. The van der Waals surface area contributed by atoms with Gasteiger partial charge in [-0.1, -0.05) is 208 Å². The third-order valence-electron chi connectivity index (χ3n) is 24.9. The number of hydrogen-bond acceptors (Lipinski definition) is 21. The maximum Gasteiger partial charge on any atom is 0.255 e. The lowest BCUT2D eigenvalue weighted by molar-refractivity contribution is -0.154. The van der Waals surface area contributed by atoms with Crippen molar-refractivity contribution in [1.82, 2.24) is 45.9 Å². The van der Waals surface area contributed by atoms with Crippen LogP contribution in [0.4, 0.5) is 5.69 Å². The van der Waals surface area contributed by atoms with Crippen molar-refractivity contribution in [2.24, 2.45) is 0 Å². The molecule has 5 aliphatic heterocycles. The van der Waals surface area contributed by atoms with Crippen LogP contribution in [-0.4, -0.2) is 219 Å². The van der Waals surface area contributed by atoms with Gasteiger partial charge in [0.05, 0.1) is 40.4 Å². The van der Waals surface area contributed by atoms with Gasteiger partial charge in [-0.05, 0) is 206 Å². The number of anilines is 1. The van der Waals surface area contributed by atoms with E-state index >= 15 is 0 Å². The van der Waals surface area contributed by atoms with E-state index in [1.54, 1.807) is 32.9 Å². The average Bonchev–Trinajstić information content (AvgIpc) is 1.54. The van der Waals surface area contributed by atoms with Crippen molar-refractivity contribution in [1.29, 1.82) is 0 Å². The van der Waals surface area contributed by atoms with Crippen LogP contribution in [0.5, 0.6) is 11.5 Å². The first-order chi connectivity index (χ1) is 64.9. The Labute approximate surface area is 804 Å². The molecule has 5 aliphatic rings. The number of thiazole rings is 1. The SMILES string of the molecule is C[C@H](NC(=O)[C@H](O)[C@@H](O)C(=O)N1CCC(Oc2ccccc2)CC1)c1ccc(Br)cc1.C[C@H](NC(=O)[C@H](O)[C@@H](O)C(=O)N1CCCC1c1nc2ccccc2s1)c1ccc(Br)cc1.C[C@H](NC(=O)[C@H](O)[C@@H](O)C(=O)N1CCc2ccccc2C1)c1ccc(-c2ccc(O)cc2)cc1.C[C@H](NC(=O)[C@H](O)[C@@H](O)C(=O)N1CCc2ccccc2C1)c1ccc(-c2cccc(N3CCCC3)c2)cc1. The number of nitrogens with one attached hydrogen (secondary N) is 4. The lowest BCUT2D eigenvalue weighted by atomic mass is 9.99. The predicted molar refractivity (Wildman–Crippen MR) is 521 cm³/mol. The second-order valence-corrected chi connectivity index (χ2v) is 37.2. The molecule has 11 aromatic rings. The Balaban J connectivity index is 0.000000153. The number of amides is 8. The maximum atomic E-state index is 13.0. The summed E-state index contributed by atoms with van der Waals surface area (Å²) in [7, 11) is 0. The Hall–Kier alpha value is -12.1. The molecule has 0 saturated carbocycles. The number of aromatic hydroxyl groups is 1. The molecule has 10 aromatic carbocycles. The summed E-state index contributed by atoms with van der Waals surface area (Å²) in [5.41, 5.74) is 13.9. The summed E-state index contributed by atoms with van der Waals surface area (Å²) in [6, 6.07) is 76.5. The van der Waals surface area contributed by atoms with E-state index in [4.69, 9.17) is 4.74 Å². The van der Waals surface area contributed by atoms with Gasteiger partial charge in [0, 0.05) is 86.4 Å². The molecule has 708 valence electrons. The molecular weight excluding hydrogens is 1870 g/mol. The number of hydrogen-bond donors (Lipinski definition) is 13. The zero-order chi connectivity index (χ0) is 96.1. The van der Waals surface area contributed by atoms with E-state index in [1.165, 1.54) is 55.0 Å². The largest absolute Gasteiger partial charge is 0.508 e. The molecule has 0 radical (unpaired) electrons. The number of phenolic OH excluding ortho intramolecular Hbond substituents is 1. The minimum atomic E-state index is -1.87. The van der Waals surface area contributed by atoms with Crippen LogP contribution >= 0.6 is 43.2 Å². The number of fused-ring (bicyclic) bond motifs is 3. The minimum absolute atomic E-state index is 0.0245. The quantitative estimate of drug-likeness (QED) is 0.0239. The number of aromatic nitrogens is 1. The summed E-state index contributed by atoms with van der Waals surface area (Å²) in [4.78, 5) is 114. The number of ether oxygens (including phenoxy) is 1. The standard InChI is InChI=1S/C31H35N3O4.C27H28N2O5.C23H24BrN3O4S.C23H27BrN2O5/c1-21(22-11-13-24(14-12-22)25-9-6-10-27(19-25)33-16-4-5-17-33)32-30(37)28(35)29(36)31(38)34-18-15-23-7-2-3-8-26(23)20-34;1-17(18-6-8-20(9-7-18)21-10-12-23(30)13-11-21)28-26(33)24(31)25(32)27(34)29-15-14-19-4-2-3-5-22(19)16-29;1-13(14-8-10-15(24)11-9-14)25-21(30)19(28)20(29)23(31)27-12-4-6-17(27)22-26-16-5-2-3-7-18(16)32-22;1-15(16-7-9-17(24)10-8-16)25-22(29)20(27)21(28)23(30)26-13-11-19(12-14-26)31-18-5-3-2-4-6-18/h2-3,6-14,19,21,28-29,35-36H,4-5,15-18,20H2,1H3,(H,32,37);2-13,17,24-25,30-32H,14-16H2,1H3,(H,28,33);2-3,5,7-11,13,17,19-20,28-29H,4,6,12H2,1H3,(H,25,30);2-10,15,19-21,27-28H,11-14H2,1H3,(H,25,29)/t21-,28+,29+;17-,24+,25+;13-,17?,19+,20+;15-,20+,21+/m0000/s1. The molecule has 1 unspecified atom stereocenters. The highest BCUT2D eigenvalue weighted by molar-refractivity contribution is 9.10. The molecule has 28 nitrogen and oxygen atoms in total. The van der Waals surface area contributed by atoms with Gasteiger partial charge >= 0.3 is 0 Å². The molecule has 6 heterocycles. The predicted octanol–water partition coefficient (Wildman–Crippen LogP) is 11.7. The van der Waals surface area contributed by atoms with E-state index in [2.05, 4.69) is 87.3 Å². The highest BCUT2D eigenvalue weighted by atomic mass is 79.9. The normalized spacial score (nSPS) is 17.4. The van der Waals surface area contributed by atoms with Crippen LogP contribution in [0.3, 0.4) is 0 Å². The molecule has 13 N–H and O–H groups in total. The summed E-state index contributed by atoms with van der Waals surface area (Å²) in [5.74, 6) is -4.83.